The monoisotopic (exact) mass is 250 g/mol. The molecule has 100 valence electrons. The molecule has 0 aromatic carbocycles. The molecule has 1 aromatic rings. The van der Waals surface area contributed by atoms with Crippen LogP contribution in [0.1, 0.15) is 32.2 Å². The maximum atomic E-state index is 12.4. The lowest BCUT2D eigenvalue weighted by molar-refractivity contribution is -0.136. The molecule has 1 saturated carbocycles. The van der Waals surface area contributed by atoms with Crippen molar-refractivity contribution in [2.75, 3.05) is 13.6 Å². The highest BCUT2D eigenvalue weighted by atomic mass is 16.2. The van der Waals surface area contributed by atoms with Crippen molar-refractivity contribution in [1.29, 1.82) is 0 Å². The summed E-state index contributed by atoms with van der Waals surface area (Å²) in [6.07, 6.45) is 6.89. The Hall–Kier alpha value is -1.36. The second kappa shape index (κ2) is 5.52. The van der Waals surface area contributed by atoms with Crippen molar-refractivity contribution in [3.63, 3.8) is 0 Å². The molecule has 5 heteroatoms. The zero-order valence-corrected chi connectivity index (χ0v) is 11.1. The predicted molar refractivity (Wildman–Crippen MR) is 69.9 cm³/mol. The van der Waals surface area contributed by atoms with Gasteiger partial charge >= 0.3 is 0 Å². The van der Waals surface area contributed by atoms with Crippen molar-refractivity contribution in [2.45, 2.75) is 38.3 Å². The van der Waals surface area contributed by atoms with E-state index in [1.54, 1.807) is 10.9 Å². The summed E-state index contributed by atoms with van der Waals surface area (Å²) in [5, 5.41) is 4.13. The summed E-state index contributed by atoms with van der Waals surface area (Å²) in [5.41, 5.74) is 5.78. The third kappa shape index (κ3) is 2.41. The lowest BCUT2D eigenvalue weighted by atomic mass is 10.0. The second-order valence-corrected chi connectivity index (χ2v) is 5.11. The van der Waals surface area contributed by atoms with Gasteiger partial charge in [-0.05, 0) is 38.3 Å². The van der Waals surface area contributed by atoms with Crippen LogP contribution in [0.5, 0.6) is 0 Å². The fourth-order valence-electron chi connectivity index (χ4n) is 2.88. The molecule has 3 unspecified atom stereocenters. The molecule has 0 radical (unpaired) electrons. The zero-order valence-electron chi connectivity index (χ0n) is 11.1. The maximum Gasteiger partial charge on any atom is 0.247 e. The standard InChI is InChI=1S/C13H22N4O/c1-10(17-8-4-7-15-17)13(18)16(2)12-6-3-5-11(12)9-14/h4,7-8,10-12H,3,5-6,9,14H2,1-2H3. The van der Waals surface area contributed by atoms with Gasteiger partial charge in [0.15, 0.2) is 0 Å². The van der Waals surface area contributed by atoms with E-state index in [4.69, 9.17) is 5.73 Å². The zero-order chi connectivity index (χ0) is 13.1. The Labute approximate surface area is 108 Å². The Bertz CT molecular complexity index is 390. The van der Waals surface area contributed by atoms with Gasteiger partial charge in [-0.2, -0.15) is 5.10 Å². The van der Waals surface area contributed by atoms with E-state index in [1.165, 1.54) is 6.42 Å². The summed E-state index contributed by atoms with van der Waals surface area (Å²) in [7, 11) is 1.89. The van der Waals surface area contributed by atoms with Crippen LogP contribution in [0.2, 0.25) is 0 Å². The van der Waals surface area contributed by atoms with Gasteiger partial charge in [-0.15, -0.1) is 0 Å². The summed E-state index contributed by atoms with van der Waals surface area (Å²) in [5.74, 6) is 0.563. The van der Waals surface area contributed by atoms with E-state index in [-0.39, 0.29) is 11.9 Å². The van der Waals surface area contributed by atoms with Gasteiger partial charge < -0.3 is 10.6 Å². The molecule has 1 aliphatic rings. The summed E-state index contributed by atoms with van der Waals surface area (Å²) in [6.45, 7) is 2.55. The van der Waals surface area contributed by atoms with Gasteiger partial charge in [0.2, 0.25) is 5.91 Å². The smallest absolute Gasteiger partial charge is 0.247 e. The third-order valence-corrected chi connectivity index (χ3v) is 4.05. The molecule has 18 heavy (non-hydrogen) atoms. The van der Waals surface area contributed by atoms with Crippen LogP contribution in [-0.4, -0.2) is 40.2 Å². The van der Waals surface area contributed by atoms with Crippen LogP contribution >= 0.6 is 0 Å². The number of carbonyl (C=O) groups is 1. The molecule has 0 spiro atoms. The van der Waals surface area contributed by atoms with E-state index in [1.807, 2.05) is 31.1 Å². The minimum absolute atomic E-state index is 0.115. The Morgan fingerprint density at radius 1 is 1.61 bits per heavy atom. The molecule has 2 N–H and O–H groups in total. The van der Waals surface area contributed by atoms with E-state index >= 15 is 0 Å². The first-order valence-corrected chi connectivity index (χ1v) is 6.61. The molecular formula is C13H22N4O. The van der Waals surface area contributed by atoms with Gasteiger partial charge in [0.05, 0.1) is 0 Å². The number of hydrogen-bond donors (Lipinski definition) is 1. The minimum Gasteiger partial charge on any atom is -0.341 e. The van der Waals surface area contributed by atoms with Crippen molar-refractivity contribution in [1.82, 2.24) is 14.7 Å². The molecule has 0 bridgehead atoms. The van der Waals surface area contributed by atoms with E-state index < -0.39 is 0 Å². The topological polar surface area (TPSA) is 64.2 Å². The van der Waals surface area contributed by atoms with Gasteiger partial charge in [-0.1, -0.05) is 6.42 Å². The molecule has 2 rings (SSSR count). The average molecular weight is 250 g/mol. The number of nitrogens with two attached hydrogens (primary N) is 1. The van der Waals surface area contributed by atoms with Crippen molar-refractivity contribution < 1.29 is 4.79 Å². The summed E-state index contributed by atoms with van der Waals surface area (Å²) >= 11 is 0. The van der Waals surface area contributed by atoms with Crippen LogP contribution < -0.4 is 5.73 Å². The highest BCUT2D eigenvalue weighted by molar-refractivity contribution is 5.80. The first kappa shape index (κ1) is 13.1. The fourth-order valence-corrected chi connectivity index (χ4v) is 2.88. The third-order valence-electron chi connectivity index (χ3n) is 4.05. The molecule has 1 aliphatic carbocycles. The van der Waals surface area contributed by atoms with Gasteiger partial charge in [0.25, 0.3) is 0 Å². The first-order valence-electron chi connectivity index (χ1n) is 6.61. The average Bonchev–Trinajstić information content (AvgIpc) is 3.05. The molecule has 0 saturated heterocycles. The number of rotatable bonds is 4. The van der Waals surface area contributed by atoms with Crippen LogP contribution in [0, 0.1) is 5.92 Å². The van der Waals surface area contributed by atoms with Crippen molar-refractivity contribution in [3.8, 4) is 0 Å². The lowest BCUT2D eigenvalue weighted by Gasteiger charge is -2.31. The van der Waals surface area contributed by atoms with E-state index in [2.05, 4.69) is 5.10 Å². The van der Waals surface area contributed by atoms with Crippen LogP contribution in [0.25, 0.3) is 0 Å². The van der Waals surface area contributed by atoms with Crippen molar-refractivity contribution >= 4 is 5.91 Å². The Balaban J connectivity index is 2.04. The lowest BCUT2D eigenvalue weighted by Crippen LogP contribution is -2.44. The van der Waals surface area contributed by atoms with Crippen LogP contribution in [0.4, 0.5) is 0 Å². The second-order valence-electron chi connectivity index (χ2n) is 5.11. The molecule has 5 nitrogen and oxygen atoms in total. The number of nitrogens with zero attached hydrogens (tertiary/aromatic N) is 3. The van der Waals surface area contributed by atoms with Crippen molar-refractivity contribution in [2.24, 2.45) is 11.7 Å². The molecule has 0 aliphatic heterocycles. The van der Waals surface area contributed by atoms with Crippen LogP contribution in [0.15, 0.2) is 18.5 Å². The molecule has 3 atom stereocenters. The largest absolute Gasteiger partial charge is 0.341 e. The highest BCUT2D eigenvalue weighted by Crippen LogP contribution is 2.29. The maximum absolute atomic E-state index is 12.4. The quantitative estimate of drug-likeness (QED) is 0.868. The molecule has 1 aromatic heterocycles. The number of likely N-dealkylation sites (N-methyl/N-ethyl adjacent to an activating group) is 1. The van der Waals surface area contributed by atoms with Crippen LogP contribution in [-0.2, 0) is 4.79 Å². The summed E-state index contributed by atoms with van der Waals surface area (Å²) in [6, 6.07) is 1.88. The number of amides is 1. The molecule has 1 heterocycles. The normalized spacial score (nSPS) is 25.1. The highest BCUT2D eigenvalue weighted by Gasteiger charge is 2.33. The Morgan fingerprint density at radius 2 is 2.39 bits per heavy atom. The van der Waals surface area contributed by atoms with Crippen molar-refractivity contribution in [3.05, 3.63) is 18.5 Å². The Kier molecular flexibility index (Phi) is 4.01. The van der Waals surface area contributed by atoms with Crippen LogP contribution in [0.3, 0.4) is 0 Å². The molecule has 1 fully saturated rings. The number of carbonyl (C=O) groups excluding carboxylic acids is 1. The van der Waals surface area contributed by atoms with E-state index in [9.17, 15) is 4.79 Å². The van der Waals surface area contributed by atoms with Gasteiger partial charge in [-0.25, -0.2) is 0 Å². The predicted octanol–water partition coefficient (Wildman–Crippen LogP) is 1.03. The SMILES string of the molecule is CC(C(=O)N(C)C1CCCC1CN)n1cccn1. The van der Waals surface area contributed by atoms with Gasteiger partial charge in [0.1, 0.15) is 6.04 Å². The summed E-state index contributed by atoms with van der Waals surface area (Å²) < 4.78 is 1.70. The van der Waals surface area contributed by atoms with E-state index in [0.717, 1.165) is 12.8 Å². The minimum atomic E-state index is -0.246. The summed E-state index contributed by atoms with van der Waals surface area (Å²) in [4.78, 5) is 14.3. The first-order chi connectivity index (χ1) is 8.65. The van der Waals surface area contributed by atoms with Gasteiger partial charge in [0, 0.05) is 25.5 Å². The number of aromatic nitrogens is 2. The molecule has 1 amide bonds. The van der Waals surface area contributed by atoms with Gasteiger partial charge in [-0.3, -0.25) is 9.48 Å². The van der Waals surface area contributed by atoms with E-state index in [0.29, 0.717) is 18.5 Å². The Morgan fingerprint density at radius 3 is 3.00 bits per heavy atom. The fraction of sp³-hybridized carbons (Fsp3) is 0.692. The molecular weight excluding hydrogens is 228 g/mol. The number of hydrogen-bond acceptors (Lipinski definition) is 3.